The number of nitrogens with one attached hydrogen (secondary N) is 1. The van der Waals surface area contributed by atoms with Gasteiger partial charge < -0.3 is 34.1 Å². The van der Waals surface area contributed by atoms with Crippen molar-refractivity contribution in [3.63, 3.8) is 0 Å². The third-order valence-electron chi connectivity index (χ3n) is 6.85. The van der Waals surface area contributed by atoms with Gasteiger partial charge in [-0.1, -0.05) is 36.8 Å². The molecule has 0 radical (unpaired) electrons. The topological polar surface area (TPSA) is 133 Å². The lowest BCUT2D eigenvalue weighted by Crippen LogP contribution is -2.56. The van der Waals surface area contributed by atoms with E-state index in [2.05, 4.69) is 5.32 Å². The first-order valence-corrected chi connectivity index (χ1v) is 14.9. The smallest absolute Gasteiger partial charge is 0.408 e. The molecule has 12 heteroatoms. The van der Waals surface area contributed by atoms with Crippen LogP contribution in [0.1, 0.15) is 44.6 Å². The van der Waals surface area contributed by atoms with Crippen LogP contribution in [0.2, 0.25) is 0 Å². The zero-order chi connectivity index (χ0) is 28.5. The second-order valence-corrected chi connectivity index (χ2v) is 11.8. The van der Waals surface area contributed by atoms with Gasteiger partial charge in [-0.15, -0.1) is 0 Å². The number of benzene rings is 2. The van der Waals surface area contributed by atoms with Crippen molar-refractivity contribution in [1.29, 1.82) is 0 Å². The van der Waals surface area contributed by atoms with Gasteiger partial charge in [-0.25, -0.2) is 13.2 Å². The summed E-state index contributed by atoms with van der Waals surface area (Å²) in [6.45, 7) is 1.68. The first-order valence-electron chi connectivity index (χ1n) is 13.5. The molecule has 1 aliphatic heterocycles. The average Bonchev–Trinajstić information content (AvgIpc) is 2.96. The molecule has 40 heavy (non-hydrogen) atoms. The average molecular weight is 579 g/mol. The summed E-state index contributed by atoms with van der Waals surface area (Å²) in [4.78, 5) is 12.7. The highest BCUT2D eigenvalue weighted by atomic mass is 32.2. The van der Waals surface area contributed by atoms with E-state index >= 15 is 0 Å². The maximum absolute atomic E-state index is 14.2. The normalized spacial score (nSPS) is 18.6. The van der Waals surface area contributed by atoms with Crippen LogP contribution in [0.5, 0.6) is 11.5 Å². The molecule has 0 bridgehead atoms. The van der Waals surface area contributed by atoms with Crippen molar-refractivity contribution in [3.05, 3.63) is 54.1 Å². The summed E-state index contributed by atoms with van der Waals surface area (Å²) in [6, 6.07) is 13.3. The Hall–Kier alpha value is -2.90. The van der Waals surface area contributed by atoms with Crippen LogP contribution in [0, 0.1) is 0 Å². The van der Waals surface area contributed by atoms with Crippen molar-refractivity contribution in [2.75, 3.05) is 27.1 Å². The Morgan fingerprint density at radius 1 is 1.05 bits per heavy atom. The van der Waals surface area contributed by atoms with Crippen molar-refractivity contribution in [3.8, 4) is 11.5 Å². The molecule has 1 heterocycles. The molecule has 2 aliphatic rings. The summed E-state index contributed by atoms with van der Waals surface area (Å²) in [5, 5.41) is 13.2. The van der Waals surface area contributed by atoms with Crippen molar-refractivity contribution in [2.45, 2.75) is 74.9 Å². The second-order valence-electron chi connectivity index (χ2n) is 9.94. The SMILES string of the molecule is COc1ccc(S(=O)(=O)N(Cc2ccccc2)[C@H](NC(=O)OC2COCOC2)[C@@H](C)O)cc1OC1CCCCC1. The molecule has 220 valence electrons. The first-order chi connectivity index (χ1) is 19.3. The number of alkyl carbamates (subject to hydrolysis) is 1. The molecule has 0 aromatic heterocycles. The van der Waals surface area contributed by atoms with E-state index in [9.17, 15) is 18.3 Å². The molecular weight excluding hydrogens is 540 g/mol. The van der Waals surface area contributed by atoms with E-state index in [4.69, 9.17) is 23.7 Å². The molecule has 1 aliphatic carbocycles. The van der Waals surface area contributed by atoms with Gasteiger partial charge in [0, 0.05) is 12.6 Å². The number of aliphatic hydroxyl groups excluding tert-OH is 1. The van der Waals surface area contributed by atoms with Gasteiger partial charge in [0.05, 0.1) is 37.4 Å². The van der Waals surface area contributed by atoms with Crippen molar-refractivity contribution in [2.24, 2.45) is 0 Å². The van der Waals surface area contributed by atoms with Crippen LogP contribution in [0.4, 0.5) is 4.79 Å². The standard InChI is InChI=1S/C28H38N2O9S/c1-20(31)27(29-28(32)39-23-17-36-19-37-18-23)30(16-21-9-5-3-6-10-21)40(33,34)24-13-14-25(35-2)26(15-24)38-22-11-7-4-8-12-22/h3,5-6,9-10,13-15,20,22-23,27,31H,4,7-8,11-12,16-19H2,1-2H3,(H,29,32)/t20-,27+/m1/s1. The lowest BCUT2D eigenvalue weighted by molar-refractivity contribution is -0.152. The zero-order valence-corrected chi connectivity index (χ0v) is 23.7. The van der Waals surface area contributed by atoms with E-state index in [1.54, 1.807) is 30.3 Å². The highest BCUT2D eigenvalue weighted by molar-refractivity contribution is 7.89. The number of hydrogen-bond acceptors (Lipinski definition) is 9. The molecule has 2 atom stereocenters. The molecule has 0 unspecified atom stereocenters. The number of sulfonamides is 1. The predicted molar refractivity (Wildman–Crippen MR) is 145 cm³/mol. The number of hydrogen-bond donors (Lipinski definition) is 2. The number of methoxy groups -OCH3 is 1. The monoisotopic (exact) mass is 578 g/mol. The minimum Gasteiger partial charge on any atom is -0.493 e. The van der Waals surface area contributed by atoms with E-state index in [0.717, 1.165) is 36.4 Å². The van der Waals surface area contributed by atoms with E-state index in [0.29, 0.717) is 17.1 Å². The molecule has 2 N–H and O–H groups in total. The van der Waals surface area contributed by atoms with Crippen molar-refractivity contribution in [1.82, 2.24) is 9.62 Å². The number of ether oxygens (including phenoxy) is 5. The summed E-state index contributed by atoms with van der Waals surface area (Å²) in [5.74, 6) is 0.748. The molecule has 2 aromatic carbocycles. The van der Waals surface area contributed by atoms with E-state index in [1.807, 2.05) is 6.07 Å². The Labute approximate surface area is 235 Å². The number of carbonyl (C=O) groups excluding carboxylic acids is 1. The Balaban J connectivity index is 1.65. The number of aliphatic hydroxyl groups is 1. The highest BCUT2D eigenvalue weighted by Gasteiger charge is 2.37. The summed E-state index contributed by atoms with van der Waals surface area (Å²) in [7, 11) is -2.79. The van der Waals surface area contributed by atoms with Gasteiger partial charge in [-0.05, 0) is 50.3 Å². The van der Waals surface area contributed by atoms with E-state index in [1.165, 1.54) is 26.2 Å². The fourth-order valence-corrected chi connectivity index (χ4v) is 6.39. The van der Waals surface area contributed by atoms with Crippen LogP contribution >= 0.6 is 0 Å². The summed E-state index contributed by atoms with van der Waals surface area (Å²) >= 11 is 0. The largest absolute Gasteiger partial charge is 0.493 e. The van der Waals surface area contributed by atoms with Crippen LogP contribution in [-0.4, -0.2) is 75.5 Å². The molecule has 1 saturated carbocycles. The van der Waals surface area contributed by atoms with Gasteiger partial charge in [-0.3, -0.25) is 0 Å². The number of amides is 1. The van der Waals surface area contributed by atoms with Crippen molar-refractivity contribution >= 4 is 16.1 Å². The Morgan fingerprint density at radius 3 is 2.40 bits per heavy atom. The van der Waals surface area contributed by atoms with E-state index < -0.39 is 34.5 Å². The molecule has 11 nitrogen and oxygen atoms in total. The molecule has 2 aromatic rings. The molecule has 4 rings (SSSR count). The van der Waals surface area contributed by atoms with Crippen LogP contribution in [-0.2, 0) is 30.8 Å². The molecule has 1 saturated heterocycles. The lowest BCUT2D eigenvalue weighted by atomic mass is 9.98. The fraction of sp³-hybridized carbons (Fsp3) is 0.536. The molecule has 1 amide bonds. The Kier molecular flexibility index (Phi) is 10.6. The quantitative estimate of drug-likeness (QED) is 0.385. The van der Waals surface area contributed by atoms with Gasteiger partial charge in [0.25, 0.3) is 0 Å². The molecule has 0 spiro atoms. The van der Waals surface area contributed by atoms with Gasteiger partial charge >= 0.3 is 6.09 Å². The Bertz CT molecular complexity index is 1200. The fourth-order valence-electron chi connectivity index (χ4n) is 4.78. The highest BCUT2D eigenvalue weighted by Crippen LogP contribution is 2.35. The van der Waals surface area contributed by atoms with Crippen LogP contribution in [0.15, 0.2) is 53.4 Å². The van der Waals surface area contributed by atoms with Gasteiger partial charge in [-0.2, -0.15) is 4.31 Å². The van der Waals surface area contributed by atoms with Crippen LogP contribution in [0.25, 0.3) is 0 Å². The zero-order valence-electron chi connectivity index (χ0n) is 22.9. The van der Waals surface area contributed by atoms with Gasteiger partial charge in [0.2, 0.25) is 10.0 Å². The maximum atomic E-state index is 14.2. The number of carbonyl (C=O) groups is 1. The summed E-state index contributed by atoms with van der Waals surface area (Å²) in [5.41, 5.74) is 0.660. The van der Waals surface area contributed by atoms with Gasteiger partial charge in [0.15, 0.2) is 17.6 Å². The van der Waals surface area contributed by atoms with Crippen molar-refractivity contribution < 1.29 is 42.0 Å². The number of nitrogens with zero attached hydrogens (tertiary/aromatic N) is 1. The second kappa shape index (κ2) is 14.1. The molecular formula is C28H38N2O9S. The minimum atomic E-state index is -4.29. The summed E-state index contributed by atoms with van der Waals surface area (Å²) in [6.07, 6.45) is 0.763. The first kappa shape index (κ1) is 30.1. The maximum Gasteiger partial charge on any atom is 0.408 e. The summed E-state index contributed by atoms with van der Waals surface area (Å²) < 4.78 is 56.7. The molecule has 2 fully saturated rings. The van der Waals surface area contributed by atoms with E-state index in [-0.39, 0.29) is 37.6 Å². The van der Waals surface area contributed by atoms with Crippen LogP contribution < -0.4 is 14.8 Å². The lowest BCUT2D eigenvalue weighted by Gasteiger charge is -2.34. The Morgan fingerprint density at radius 2 is 1.75 bits per heavy atom. The van der Waals surface area contributed by atoms with Gasteiger partial charge in [0.1, 0.15) is 13.0 Å². The minimum absolute atomic E-state index is 0.0320. The number of rotatable bonds is 11. The predicted octanol–water partition coefficient (Wildman–Crippen LogP) is 3.40. The third-order valence-corrected chi connectivity index (χ3v) is 8.67. The third kappa shape index (κ3) is 7.85. The van der Waals surface area contributed by atoms with Crippen LogP contribution in [0.3, 0.4) is 0 Å².